The summed E-state index contributed by atoms with van der Waals surface area (Å²) in [6, 6.07) is 9.98. The Kier molecular flexibility index (Phi) is 6.05. The lowest BCUT2D eigenvalue weighted by molar-refractivity contribution is 0.137. The highest BCUT2D eigenvalue weighted by Crippen LogP contribution is 2.30. The van der Waals surface area contributed by atoms with Crippen LogP contribution >= 0.6 is 0 Å². The monoisotopic (exact) mass is 433 g/mol. The zero-order valence-corrected chi connectivity index (χ0v) is 17.8. The van der Waals surface area contributed by atoms with Crippen LogP contribution in [0.15, 0.2) is 34.9 Å². The van der Waals surface area contributed by atoms with Crippen molar-refractivity contribution in [2.75, 3.05) is 39.0 Å². The second-order valence-electron chi connectivity index (χ2n) is 8.00. The second-order valence-corrected chi connectivity index (χ2v) is 9.98. The van der Waals surface area contributed by atoms with E-state index in [2.05, 4.69) is 15.5 Å². The van der Waals surface area contributed by atoms with E-state index in [0.717, 1.165) is 6.42 Å². The van der Waals surface area contributed by atoms with E-state index in [4.69, 9.17) is 4.52 Å². The molecule has 0 atom stereocenters. The van der Waals surface area contributed by atoms with Gasteiger partial charge in [-0.2, -0.15) is 4.98 Å². The fraction of sp³-hybridized carbons (Fsp3) is 0.550. The summed E-state index contributed by atoms with van der Waals surface area (Å²) in [6.45, 7) is 2.68. The molecule has 1 aromatic heterocycles. The molecule has 0 radical (unpaired) electrons. The Morgan fingerprint density at radius 1 is 1.17 bits per heavy atom. The average molecular weight is 434 g/mol. The van der Waals surface area contributed by atoms with Crippen molar-refractivity contribution >= 4 is 16.1 Å². The molecule has 4 rings (SSSR count). The van der Waals surface area contributed by atoms with Crippen molar-refractivity contribution in [3.8, 4) is 0 Å². The van der Waals surface area contributed by atoms with Crippen molar-refractivity contribution in [3.63, 3.8) is 0 Å². The first-order valence-corrected chi connectivity index (χ1v) is 12.1. The van der Waals surface area contributed by atoms with E-state index >= 15 is 0 Å². The van der Waals surface area contributed by atoms with Crippen LogP contribution in [0.3, 0.4) is 0 Å². The third kappa shape index (κ3) is 4.81. The van der Waals surface area contributed by atoms with Crippen molar-refractivity contribution in [1.29, 1.82) is 0 Å². The lowest BCUT2D eigenvalue weighted by Gasteiger charge is -2.36. The number of urea groups is 1. The molecule has 10 heteroatoms. The van der Waals surface area contributed by atoms with Gasteiger partial charge in [-0.15, -0.1) is 0 Å². The zero-order chi connectivity index (χ0) is 21.1. The van der Waals surface area contributed by atoms with Gasteiger partial charge >= 0.3 is 6.03 Å². The molecule has 1 aromatic carbocycles. The molecule has 2 aliphatic rings. The Morgan fingerprint density at radius 3 is 2.53 bits per heavy atom. The van der Waals surface area contributed by atoms with Crippen LogP contribution in [-0.2, 0) is 16.4 Å². The molecule has 2 aliphatic heterocycles. The molecule has 1 N–H and O–H groups in total. The van der Waals surface area contributed by atoms with Crippen LogP contribution in [0.4, 0.5) is 4.79 Å². The van der Waals surface area contributed by atoms with Gasteiger partial charge in [0, 0.05) is 38.6 Å². The van der Waals surface area contributed by atoms with Crippen molar-refractivity contribution < 1.29 is 17.7 Å². The van der Waals surface area contributed by atoms with Crippen molar-refractivity contribution in [2.24, 2.45) is 0 Å². The predicted molar refractivity (Wildman–Crippen MR) is 111 cm³/mol. The van der Waals surface area contributed by atoms with Gasteiger partial charge in [-0.05, 0) is 24.8 Å². The first-order valence-electron chi connectivity index (χ1n) is 10.3. The van der Waals surface area contributed by atoms with Crippen LogP contribution in [-0.4, -0.2) is 72.8 Å². The molecular weight excluding hydrogens is 406 g/mol. The smallest absolute Gasteiger partial charge is 0.317 e. The van der Waals surface area contributed by atoms with E-state index in [-0.39, 0.29) is 17.9 Å². The Bertz CT molecular complexity index is 964. The van der Waals surface area contributed by atoms with E-state index in [9.17, 15) is 13.2 Å². The minimum absolute atomic E-state index is 0.0576. The van der Waals surface area contributed by atoms with E-state index in [1.54, 1.807) is 4.90 Å². The number of carbonyl (C=O) groups excluding carboxylic acids is 1. The number of rotatable bonds is 6. The molecule has 30 heavy (non-hydrogen) atoms. The second kappa shape index (κ2) is 8.73. The first-order chi connectivity index (χ1) is 14.4. The molecule has 162 valence electrons. The highest BCUT2D eigenvalue weighted by molar-refractivity contribution is 7.88. The summed E-state index contributed by atoms with van der Waals surface area (Å²) in [5.74, 6) is 1.37. The molecule has 2 saturated heterocycles. The topological polar surface area (TPSA) is 109 Å². The summed E-state index contributed by atoms with van der Waals surface area (Å²) >= 11 is 0. The van der Waals surface area contributed by atoms with E-state index in [1.807, 2.05) is 30.3 Å². The van der Waals surface area contributed by atoms with Gasteiger partial charge in [0.15, 0.2) is 5.82 Å². The van der Waals surface area contributed by atoms with Crippen LogP contribution in [0.5, 0.6) is 0 Å². The first kappa shape index (κ1) is 20.8. The fourth-order valence-corrected chi connectivity index (χ4v) is 4.77. The molecule has 2 amide bonds. The minimum Gasteiger partial charge on any atom is -0.339 e. The zero-order valence-electron chi connectivity index (χ0n) is 17.0. The molecule has 0 unspecified atom stereocenters. The lowest BCUT2D eigenvalue weighted by atomic mass is 9.97. The van der Waals surface area contributed by atoms with Crippen molar-refractivity contribution in [2.45, 2.75) is 31.1 Å². The normalized spacial score (nSPS) is 18.9. The number of benzene rings is 1. The van der Waals surface area contributed by atoms with Crippen molar-refractivity contribution in [3.05, 3.63) is 47.6 Å². The Hall–Kier alpha value is -2.46. The van der Waals surface area contributed by atoms with E-state index in [1.165, 1.54) is 16.1 Å². The van der Waals surface area contributed by atoms with Gasteiger partial charge in [0.05, 0.1) is 12.2 Å². The third-order valence-electron chi connectivity index (χ3n) is 5.80. The number of nitrogens with zero attached hydrogens (tertiary/aromatic N) is 4. The number of hydrogen-bond donors (Lipinski definition) is 1. The number of aromatic nitrogens is 2. The fourth-order valence-electron chi connectivity index (χ4n) is 3.90. The third-order valence-corrected chi connectivity index (χ3v) is 7.10. The molecule has 3 heterocycles. The highest BCUT2D eigenvalue weighted by atomic mass is 32.2. The predicted octanol–water partition coefficient (Wildman–Crippen LogP) is 1.56. The molecule has 0 aliphatic carbocycles. The van der Waals surface area contributed by atoms with Gasteiger partial charge in [-0.3, -0.25) is 0 Å². The van der Waals surface area contributed by atoms with Gasteiger partial charge in [0.1, 0.15) is 0 Å². The summed E-state index contributed by atoms with van der Waals surface area (Å²) in [5, 5.41) is 7.05. The number of amides is 2. The van der Waals surface area contributed by atoms with Crippen LogP contribution in [0.2, 0.25) is 0 Å². The van der Waals surface area contributed by atoms with Gasteiger partial charge in [0.25, 0.3) is 0 Å². The Morgan fingerprint density at radius 2 is 1.87 bits per heavy atom. The number of carbonyl (C=O) groups is 1. The molecule has 2 aromatic rings. The van der Waals surface area contributed by atoms with Gasteiger partial charge < -0.3 is 14.7 Å². The summed E-state index contributed by atoms with van der Waals surface area (Å²) in [5.41, 5.74) is 1.19. The van der Waals surface area contributed by atoms with Crippen LogP contribution in [0.1, 0.15) is 42.0 Å². The maximum Gasteiger partial charge on any atom is 0.317 e. The Balaban J connectivity index is 1.21. The maximum atomic E-state index is 12.3. The standard InChI is InChI=1S/C20H27N5O4S/c1-30(27,28)25-11-8-16(9-12-25)18-22-19(29-23-18)17-13-24(14-17)20(26)21-10-7-15-5-3-2-4-6-15/h2-6,16-17H,7-14H2,1H3,(H,21,26). The highest BCUT2D eigenvalue weighted by Gasteiger charge is 2.36. The van der Waals surface area contributed by atoms with Crippen LogP contribution in [0.25, 0.3) is 0 Å². The largest absolute Gasteiger partial charge is 0.339 e. The summed E-state index contributed by atoms with van der Waals surface area (Å²) in [4.78, 5) is 18.5. The number of likely N-dealkylation sites (tertiary alicyclic amines) is 1. The van der Waals surface area contributed by atoms with Gasteiger partial charge in [0.2, 0.25) is 15.9 Å². The molecule has 2 fully saturated rings. The summed E-state index contributed by atoms with van der Waals surface area (Å²) in [6.07, 6.45) is 3.41. The molecule has 0 bridgehead atoms. The van der Waals surface area contributed by atoms with E-state index in [0.29, 0.717) is 57.3 Å². The SMILES string of the molecule is CS(=O)(=O)N1CCC(c2noc(C3CN(C(=O)NCCc4ccccc4)C3)n2)CC1. The molecule has 9 nitrogen and oxygen atoms in total. The van der Waals surface area contributed by atoms with Gasteiger partial charge in [-0.1, -0.05) is 35.5 Å². The maximum absolute atomic E-state index is 12.3. The van der Waals surface area contributed by atoms with E-state index < -0.39 is 10.0 Å². The Labute approximate surface area is 176 Å². The van der Waals surface area contributed by atoms with Gasteiger partial charge in [-0.25, -0.2) is 17.5 Å². The molecule has 0 spiro atoms. The quantitative estimate of drug-likeness (QED) is 0.741. The van der Waals surface area contributed by atoms with Crippen LogP contribution < -0.4 is 5.32 Å². The average Bonchev–Trinajstić information content (AvgIpc) is 3.17. The number of piperidine rings is 1. The molecular formula is C20H27N5O4S. The van der Waals surface area contributed by atoms with Crippen molar-refractivity contribution in [1.82, 2.24) is 24.7 Å². The number of sulfonamides is 1. The number of nitrogens with one attached hydrogen (secondary N) is 1. The summed E-state index contributed by atoms with van der Waals surface area (Å²) in [7, 11) is -3.15. The summed E-state index contributed by atoms with van der Waals surface area (Å²) < 4.78 is 30.2. The molecule has 0 saturated carbocycles. The minimum atomic E-state index is -3.15. The number of hydrogen-bond acceptors (Lipinski definition) is 6. The lowest BCUT2D eigenvalue weighted by Crippen LogP contribution is -2.52. The van der Waals surface area contributed by atoms with Crippen LogP contribution in [0, 0.1) is 0 Å².